The third kappa shape index (κ3) is 4.96. The highest BCUT2D eigenvalue weighted by Gasteiger charge is 2.33. The van der Waals surface area contributed by atoms with Gasteiger partial charge in [0.2, 0.25) is 0 Å². The molecule has 3 rings (SSSR count). The van der Waals surface area contributed by atoms with Gasteiger partial charge in [-0.15, -0.1) is 0 Å². The van der Waals surface area contributed by atoms with Crippen molar-refractivity contribution in [1.82, 2.24) is 5.32 Å². The molecule has 2 aliphatic carbocycles. The van der Waals surface area contributed by atoms with E-state index in [2.05, 4.69) is 12.2 Å². The van der Waals surface area contributed by atoms with Crippen LogP contribution >= 0.6 is 0 Å². The number of ether oxygens (including phenoxy) is 1. The second-order valence-corrected chi connectivity index (χ2v) is 7.96. The highest BCUT2D eigenvalue weighted by molar-refractivity contribution is 4.87. The molecule has 1 N–H and O–H groups in total. The van der Waals surface area contributed by atoms with Gasteiger partial charge in [0.25, 0.3) is 0 Å². The Morgan fingerprint density at radius 2 is 1.71 bits per heavy atom. The fourth-order valence-electron chi connectivity index (χ4n) is 4.67. The van der Waals surface area contributed by atoms with E-state index in [0.29, 0.717) is 0 Å². The van der Waals surface area contributed by atoms with Crippen molar-refractivity contribution in [3.8, 4) is 0 Å². The Balaban J connectivity index is 1.51. The first-order valence-electron chi connectivity index (χ1n) is 9.66. The van der Waals surface area contributed by atoms with Gasteiger partial charge < -0.3 is 10.1 Å². The molecule has 3 fully saturated rings. The van der Waals surface area contributed by atoms with Crippen LogP contribution in [0.3, 0.4) is 0 Å². The van der Waals surface area contributed by atoms with Crippen LogP contribution in [-0.4, -0.2) is 25.8 Å². The van der Waals surface area contributed by atoms with E-state index >= 15 is 0 Å². The van der Waals surface area contributed by atoms with Gasteiger partial charge in [-0.1, -0.05) is 26.2 Å². The molecule has 1 heterocycles. The molecule has 2 nitrogen and oxygen atoms in total. The minimum absolute atomic E-state index is 0.877. The first-order valence-corrected chi connectivity index (χ1v) is 9.66. The predicted molar refractivity (Wildman–Crippen MR) is 88.4 cm³/mol. The summed E-state index contributed by atoms with van der Waals surface area (Å²) in [5.41, 5.74) is 0. The lowest BCUT2D eigenvalue weighted by molar-refractivity contribution is 0.0458. The number of rotatable bonds is 7. The summed E-state index contributed by atoms with van der Waals surface area (Å²) in [6, 6.07) is 0.877. The van der Waals surface area contributed by atoms with Crippen molar-refractivity contribution in [3.05, 3.63) is 0 Å². The van der Waals surface area contributed by atoms with E-state index in [9.17, 15) is 0 Å². The summed E-state index contributed by atoms with van der Waals surface area (Å²) in [6.45, 7) is 5.69. The van der Waals surface area contributed by atoms with Crippen LogP contribution in [0.25, 0.3) is 0 Å². The Bertz CT molecular complexity index is 296. The minimum Gasteiger partial charge on any atom is -0.381 e. The highest BCUT2D eigenvalue weighted by atomic mass is 16.5. The molecule has 3 unspecified atom stereocenters. The first kappa shape index (κ1) is 15.8. The highest BCUT2D eigenvalue weighted by Crippen LogP contribution is 2.41. The van der Waals surface area contributed by atoms with Gasteiger partial charge in [-0.2, -0.15) is 0 Å². The van der Waals surface area contributed by atoms with Gasteiger partial charge in [-0.05, 0) is 75.2 Å². The third-order valence-corrected chi connectivity index (χ3v) is 6.17. The molecule has 2 heteroatoms. The van der Waals surface area contributed by atoms with Gasteiger partial charge in [0.15, 0.2) is 0 Å². The normalized spacial score (nSPS) is 35.0. The molecule has 0 aromatic rings. The van der Waals surface area contributed by atoms with E-state index in [0.717, 1.165) is 42.9 Å². The molecule has 0 aromatic carbocycles. The molecule has 21 heavy (non-hydrogen) atoms. The zero-order valence-electron chi connectivity index (χ0n) is 14.0. The Morgan fingerprint density at radius 3 is 2.43 bits per heavy atom. The number of hydrogen-bond donors (Lipinski definition) is 1. The predicted octanol–water partition coefficient (Wildman–Crippen LogP) is 4.39. The quantitative estimate of drug-likeness (QED) is 0.752. The van der Waals surface area contributed by atoms with Crippen LogP contribution < -0.4 is 5.32 Å². The van der Waals surface area contributed by atoms with Gasteiger partial charge in [0, 0.05) is 19.3 Å². The largest absolute Gasteiger partial charge is 0.381 e. The lowest BCUT2D eigenvalue weighted by Crippen LogP contribution is -2.35. The van der Waals surface area contributed by atoms with Gasteiger partial charge in [0.05, 0.1) is 0 Å². The van der Waals surface area contributed by atoms with Gasteiger partial charge in [0.1, 0.15) is 0 Å². The van der Waals surface area contributed by atoms with Gasteiger partial charge in [-0.25, -0.2) is 0 Å². The summed E-state index contributed by atoms with van der Waals surface area (Å²) < 4.78 is 5.55. The molecule has 1 saturated heterocycles. The maximum atomic E-state index is 5.55. The number of hydrogen-bond acceptors (Lipinski definition) is 2. The summed E-state index contributed by atoms with van der Waals surface area (Å²) >= 11 is 0. The maximum absolute atomic E-state index is 5.55. The maximum Gasteiger partial charge on any atom is 0.0468 e. The van der Waals surface area contributed by atoms with Crippen LogP contribution in [0.15, 0.2) is 0 Å². The van der Waals surface area contributed by atoms with Crippen molar-refractivity contribution < 1.29 is 4.74 Å². The zero-order valence-corrected chi connectivity index (χ0v) is 14.0. The second-order valence-electron chi connectivity index (χ2n) is 7.96. The second kappa shape index (κ2) is 7.97. The smallest absolute Gasteiger partial charge is 0.0468 e. The fourth-order valence-corrected chi connectivity index (χ4v) is 4.67. The van der Waals surface area contributed by atoms with Crippen LogP contribution in [0, 0.1) is 23.7 Å². The van der Waals surface area contributed by atoms with E-state index in [4.69, 9.17) is 4.74 Å². The van der Waals surface area contributed by atoms with Crippen LogP contribution in [-0.2, 0) is 4.74 Å². The molecule has 0 radical (unpaired) electrons. The molecule has 2 saturated carbocycles. The van der Waals surface area contributed by atoms with Crippen molar-refractivity contribution in [2.75, 3.05) is 19.8 Å². The van der Waals surface area contributed by atoms with Crippen LogP contribution in [0.5, 0.6) is 0 Å². The first-order chi connectivity index (χ1) is 10.3. The number of nitrogens with one attached hydrogen (secondary N) is 1. The molecule has 3 aliphatic rings. The van der Waals surface area contributed by atoms with Crippen LogP contribution in [0.2, 0.25) is 0 Å². The molecular weight excluding hydrogens is 258 g/mol. The van der Waals surface area contributed by atoms with Crippen LogP contribution in [0.1, 0.15) is 71.1 Å². The molecule has 0 bridgehead atoms. The van der Waals surface area contributed by atoms with Crippen LogP contribution in [0.4, 0.5) is 0 Å². The molecule has 122 valence electrons. The lowest BCUT2D eigenvalue weighted by Gasteiger charge is -2.39. The zero-order chi connectivity index (χ0) is 14.5. The van der Waals surface area contributed by atoms with E-state index in [-0.39, 0.29) is 0 Å². The Hall–Kier alpha value is -0.0800. The van der Waals surface area contributed by atoms with Crippen molar-refractivity contribution in [1.29, 1.82) is 0 Å². The minimum atomic E-state index is 0.877. The molecule has 0 spiro atoms. The Kier molecular flexibility index (Phi) is 5.99. The van der Waals surface area contributed by atoms with Crippen molar-refractivity contribution in [3.63, 3.8) is 0 Å². The average molecular weight is 293 g/mol. The Labute approximate surface area is 131 Å². The van der Waals surface area contributed by atoms with Gasteiger partial charge >= 0.3 is 0 Å². The molecule has 1 aliphatic heterocycles. The molecule has 0 aromatic heterocycles. The van der Waals surface area contributed by atoms with E-state index < -0.39 is 0 Å². The standard InChI is InChI=1S/C19H35NO/c1-2-3-15-4-5-17(14-20-19-6-7-19)18(12-15)13-16-8-10-21-11-9-16/h15-20H,2-14H2,1H3. The van der Waals surface area contributed by atoms with Gasteiger partial charge in [-0.3, -0.25) is 0 Å². The fraction of sp³-hybridized carbons (Fsp3) is 1.00. The molecule has 0 amide bonds. The Morgan fingerprint density at radius 1 is 0.905 bits per heavy atom. The topological polar surface area (TPSA) is 21.3 Å². The summed E-state index contributed by atoms with van der Waals surface area (Å²) in [5, 5.41) is 3.82. The average Bonchev–Trinajstić information content (AvgIpc) is 3.32. The van der Waals surface area contributed by atoms with Crippen molar-refractivity contribution in [2.45, 2.75) is 77.2 Å². The molecule has 3 atom stereocenters. The van der Waals surface area contributed by atoms with E-state index in [1.165, 1.54) is 70.8 Å². The van der Waals surface area contributed by atoms with Crippen molar-refractivity contribution in [2.24, 2.45) is 23.7 Å². The summed E-state index contributed by atoms with van der Waals surface area (Å²) in [5.74, 6) is 3.93. The SMILES string of the molecule is CCCC1CCC(CNC2CC2)C(CC2CCOCC2)C1. The van der Waals surface area contributed by atoms with E-state index in [1.54, 1.807) is 0 Å². The van der Waals surface area contributed by atoms with E-state index in [1.807, 2.05) is 0 Å². The molecular formula is C19H35NO. The lowest BCUT2D eigenvalue weighted by atomic mass is 9.69. The summed E-state index contributed by atoms with van der Waals surface area (Å²) in [7, 11) is 0. The summed E-state index contributed by atoms with van der Waals surface area (Å²) in [4.78, 5) is 0. The summed E-state index contributed by atoms with van der Waals surface area (Å²) in [6.07, 6.45) is 14.3. The van der Waals surface area contributed by atoms with Crippen molar-refractivity contribution >= 4 is 0 Å². The monoisotopic (exact) mass is 293 g/mol. The third-order valence-electron chi connectivity index (χ3n) is 6.17.